The lowest BCUT2D eigenvalue weighted by molar-refractivity contribution is -0.191. The highest BCUT2D eigenvalue weighted by Gasteiger charge is 2.68. The number of aliphatic carboxylic acids is 1. The van der Waals surface area contributed by atoms with Crippen molar-refractivity contribution in [2.45, 2.75) is 70.3 Å². The van der Waals surface area contributed by atoms with Crippen molar-refractivity contribution < 1.29 is 25.2 Å². The van der Waals surface area contributed by atoms with E-state index < -0.39 is 17.0 Å². The quantitative estimate of drug-likeness (QED) is 0.624. The predicted octanol–water partition coefficient (Wildman–Crippen LogP) is 2.18. The highest BCUT2D eigenvalue weighted by atomic mass is 16.4. The van der Waals surface area contributed by atoms with Gasteiger partial charge in [0.15, 0.2) is 0 Å². The van der Waals surface area contributed by atoms with Crippen LogP contribution in [0.2, 0.25) is 0 Å². The maximum absolute atomic E-state index is 12.1. The Labute approximate surface area is 149 Å². The maximum Gasteiger partial charge on any atom is 0.312 e. The Morgan fingerprint density at radius 3 is 2.44 bits per heavy atom. The van der Waals surface area contributed by atoms with Crippen LogP contribution in [0.1, 0.15) is 64.7 Å². The molecule has 0 heterocycles. The zero-order chi connectivity index (χ0) is 18.1. The molecule has 25 heavy (non-hydrogen) atoms. The molecule has 1 spiro atoms. The lowest BCUT2D eigenvalue weighted by atomic mass is 9.41. The standard InChI is InChI=1S/C20H32O5/c1-17-6-2-7-19(11-21,16(23)24)15(17)5-8-18-9-13(3-4-14(17)18)20(25,10-18)12-22/h13-15,21-22,25H,2-12H2,1H3,(H,23,24)/t13-,14+,15+,17+,18+,19+,20-/m1/s1. The van der Waals surface area contributed by atoms with Gasteiger partial charge in [-0.25, -0.2) is 0 Å². The van der Waals surface area contributed by atoms with Gasteiger partial charge in [-0.3, -0.25) is 4.79 Å². The van der Waals surface area contributed by atoms with Gasteiger partial charge >= 0.3 is 5.97 Å². The average molecular weight is 352 g/mol. The minimum absolute atomic E-state index is 0.00578. The Kier molecular flexibility index (Phi) is 3.85. The molecule has 0 saturated heterocycles. The second-order valence-electron chi connectivity index (χ2n) is 9.90. The Hall–Kier alpha value is -0.650. The first kappa shape index (κ1) is 17.7. The van der Waals surface area contributed by atoms with E-state index in [2.05, 4.69) is 6.92 Å². The first-order chi connectivity index (χ1) is 11.8. The maximum atomic E-state index is 12.1. The molecular formula is C20H32O5. The Balaban J connectivity index is 1.73. The van der Waals surface area contributed by atoms with Crippen LogP contribution in [0.4, 0.5) is 0 Å². The number of carbonyl (C=O) groups is 1. The van der Waals surface area contributed by atoms with Gasteiger partial charge in [-0.1, -0.05) is 13.3 Å². The molecule has 5 nitrogen and oxygen atoms in total. The van der Waals surface area contributed by atoms with Gasteiger partial charge in [-0.15, -0.1) is 0 Å². The minimum atomic E-state index is -1.00. The molecule has 0 aliphatic heterocycles. The highest BCUT2D eigenvalue weighted by Crippen LogP contribution is 2.72. The van der Waals surface area contributed by atoms with E-state index in [9.17, 15) is 25.2 Å². The van der Waals surface area contributed by atoms with Gasteiger partial charge in [0, 0.05) is 0 Å². The molecule has 0 unspecified atom stereocenters. The van der Waals surface area contributed by atoms with Crippen LogP contribution in [0, 0.1) is 34.0 Å². The van der Waals surface area contributed by atoms with Gasteiger partial charge in [0.1, 0.15) is 0 Å². The fourth-order valence-electron chi connectivity index (χ4n) is 8.13. The monoisotopic (exact) mass is 352 g/mol. The number of aliphatic hydroxyl groups is 3. The summed E-state index contributed by atoms with van der Waals surface area (Å²) in [6.07, 6.45) is 7.74. The number of carboxylic acid groups (broad SMARTS) is 1. The van der Waals surface area contributed by atoms with Crippen LogP contribution < -0.4 is 0 Å². The van der Waals surface area contributed by atoms with Crippen LogP contribution in [0.15, 0.2) is 0 Å². The number of aliphatic hydroxyl groups excluding tert-OH is 2. The van der Waals surface area contributed by atoms with Crippen LogP contribution in [0.5, 0.6) is 0 Å². The fraction of sp³-hybridized carbons (Fsp3) is 0.950. The van der Waals surface area contributed by atoms with Crippen molar-refractivity contribution in [2.75, 3.05) is 13.2 Å². The molecule has 4 aliphatic carbocycles. The van der Waals surface area contributed by atoms with Crippen molar-refractivity contribution in [1.82, 2.24) is 0 Å². The van der Waals surface area contributed by atoms with Crippen molar-refractivity contribution in [3.8, 4) is 0 Å². The van der Waals surface area contributed by atoms with Crippen molar-refractivity contribution >= 4 is 5.97 Å². The Morgan fingerprint density at radius 1 is 1.04 bits per heavy atom. The third-order valence-corrected chi connectivity index (χ3v) is 9.12. The molecule has 7 atom stereocenters. The lowest BCUT2D eigenvalue weighted by Gasteiger charge is -2.63. The average Bonchev–Trinajstić information content (AvgIpc) is 2.79. The summed E-state index contributed by atoms with van der Waals surface area (Å²) >= 11 is 0. The molecular weight excluding hydrogens is 320 g/mol. The summed E-state index contributed by atoms with van der Waals surface area (Å²) in [5.41, 5.74) is -2.00. The van der Waals surface area contributed by atoms with E-state index in [1.165, 1.54) is 0 Å². The molecule has 2 bridgehead atoms. The zero-order valence-electron chi connectivity index (χ0n) is 15.2. The summed E-state index contributed by atoms with van der Waals surface area (Å²) in [6.45, 7) is 1.82. The SMILES string of the molecule is C[C@@]12CCC[C@@](CO)(C(=O)O)[C@H]1CC[C@@]13C[C@@H](CC[C@H]12)[C@](O)(CO)C3. The smallest absolute Gasteiger partial charge is 0.312 e. The van der Waals surface area contributed by atoms with E-state index in [0.29, 0.717) is 18.8 Å². The predicted molar refractivity (Wildman–Crippen MR) is 91.8 cm³/mol. The summed E-state index contributed by atoms with van der Waals surface area (Å²) in [6, 6.07) is 0. The van der Waals surface area contributed by atoms with Gasteiger partial charge in [-0.2, -0.15) is 0 Å². The molecule has 142 valence electrons. The molecule has 4 aliphatic rings. The van der Waals surface area contributed by atoms with Crippen molar-refractivity contribution in [1.29, 1.82) is 0 Å². The van der Waals surface area contributed by atoms with Crippen molar-refractivity contribution in [3.05, 3.63) is 0 Å². The molecule has 0 radical (unpaired) electrons. The Bertz CT molecular complexity index is 578. The highest BCUT2D eigenvalue weighted by molar-refractivity contribution is 5.75. The summed E-state index contributed by atoms with van der Waals surface area (Å²) in [4.78, 5) is 12.1. The molecule has 0 aromatic rings. The summed E-state index contributed by atoms with van der Waals surface area (Å²) in [7, 11) is 0. The van der Waals surface area contributed by atoms with Gasteiger partial charge in [0.2, 0.25) is 0 Å². The van der Waals surface area contributed by atoms with Crippen molar-refractivity contribution in [2.24, 2.45) is 34.0 Å². The van der Waals surface area contributed by atoms with Gasteiger partial charge in [-0.05, 0) is 80.0 Å². The second-order valence-corrected chi connectivity index (χ2v) is 9.90. The van der Waals surface area contributed by atoms with Gasteiger partial charge in [0.05, 0.1) is 24.2 Å². The topological polar surface area (TPSA) is 98.0 Å². The molecule has 0 aromatic heterocycles. The number of fused-ring (bicyclic) bond motifs is 3. The fourth-order valence-corrected chi connectivity index (χ4v) is 8.13. The zero-order valence-corrected chi connectivity index (χ0v) is 15.2. The molecule has 4 N–H and O–H groups in total. The molecule has 4 rings (SSSR count). The van der Waals surface area contributed by atoms with Crippen molar-refractivity contribution in [3.63, 3.8) is 0 Å². The summed E-state index contributed by atoms with van der Waals surface area (Å²) < 4.78 is 0. The van der Waals surface area contributed by atoms with Crippen LogP contribution in [0.3, 0.4) is 0 Å². The second kappa shape index (κ2) is 5.43. The molecule has 4 saturated carbocycles. The first-order valence-corrected chi connectivity index (χ1v) is 9.94. The van der Waals surface area contributed by atoms with E-state index >= 15 is 0 Å². The van der Waals surface area contributed by atoms with Gasteiger partial charge < -0.3 is 20.4 Å². The van der Waals surface area contributed by atoms with E-state index in [1.807, 2.05) is 0 Å². The van der Waals surface area contributed by atoms with E-state index in [0.717, 1.165) is 44.9 Å². The van der Waals surface area contributed by atoms with E-state index in [1.54, 1.807) is 0 Å². The van der Waals surface area contributed by atoms with Crippen LogP contribution in [-0.2, 0) is 4.79 Å². The Morgan fingerprint density at radius 2 is 1.80 bits per heavy atom. The molecule has 0 aromatic carbocycles. The molecule has 5 heteroatoms. The number of carboxylic acids is 1. The molecule has 0 amide bonds. The summed E-state index contributed by atoms with van der Waals surface area (Å²) in [5, 5.41) is 40.7. The van der Waals surface area contributed by atoms with E-state index in [4.69, 9.17) is 0 Å². The van der Waals surface area contributed by atoms with Gasteiger partial charge in [0.25, 0.3) is 0 Å². The largest absolute Gasteiger partial charge is 0.481 e. The minimum Gasteiger partial charge on any atom is -0.481 e. The van der Waals surface area contributed by atoms with Crippen LogP contribution in [-0.4, -0.2) is 45.2 Å². The molecule has 4 fully saturated rings. The third kappa shape index (κ3) is 2.09. The van der Waals surface area contributed by atoms with E-state index in [-0.39, 0.29) is 35.9 Å². The van der Waals surface area contributed by atoms with Crippen LogP contribution >= 0.6 is 0 Å². The third-order valence-electron chi connectivity index (χ3n) is 9.12. The van der Waals surface area contributed by atoms with Crippen LogP contribution in [0.25, 0.3) is 0 Å². The normalized spacial score (nSPS) is 54.6. The lowest BCUT2D eigenvalue weighted by Crippen LogP contribution is -2.60. The number of hydrogen-bond acceptors (Lipinski definition) is 4. The summed E-state index contributed by atoms with van der Waals surface area (Å²) in [5.74, 6) is -0.263. The number of hydrogen-bond donors (Lipinski definition) is 4. The number of rotatable bonds is 3. The first-order valence-electron chi connectivity index (χ1n) is 9.94.